The molecule has 4 N–H and O–H groups in total. The average molecular weight is 286 g/mol. The van der Waals surface area contributed by atoms with Crippen molar-refractivity contribution in [1.29, 1.82) is 0 Å². The van der Waals surface area contributed by atoms with Crippen LogP contribution >= 0.6 is 0 Å². The molecule has 0 amide bonds. The molecule has 1 aromatic heterocycles. The maximum absolute atomic E-state index is 6.35. The van der Waals surface area contributed by atoms with E-state index in [-0.39, 0.29) is 0 Å². The first-order chi connectivity index (χ1) is 9.90. The monoisotopic (exact) mass is 286 g/mol. The molecule has 1 atom stereocenters. The van der Waals surface area contributed by atoms with Crippen molar-refractivity contribution >= 4 is 11.4 Å². The fraction of sp³-hybridized carbons (Fsp3) is 0.444. The molecule has 0 aliphatic heterocycles. The normalized spacial score (nSPS) is 12.8. The van der Waals surface area contributed by atoms with Crippen LogP contribution in [0.3, 0.4) is 0 Å². The van der Waals surface area contributed by atoms with E-state index in [4.69, 9.17) is 15.9 Å². The predicted molar refractivity (Wildman–Crippen MR) is 89.4 cm³/mol. The third-order valence-corrected chi connectivity index (χ3v) is 4.11. The van der Waals surface area contributed by atoms with E-state index in [1.165, 1.54) is 5.56 Å². The molecule has 0 saturated carbocycles. The van der Waals surface area contributed by atoms with Crippen molar-refractivity contribution in [2.45, 2.75) is 46.5 Å². The number of nitrogen functional groups attached to an aromatic ring is 2. The van der Waals surface area contributed by atoms with Gasteiger partial charge < -0.3 is 15.9 Å². The van der Waals surface area contributed by atoms with Crippen LogP contribution in [0.2, 0.25) is 0 Å². The summed E-state index contributed by atoms with van der Waals surface area (Å²) in [5.41, 5.74) is 17.4. The van der Waals surface area contributed by atoms with Crippen molar-refractivity contribution in [3.8, 4) is 0 Å². The molecule has 0 aliphatic carbocycles. The Morgan fingerprint density at radius 3 is 2.48 bits per heavy atom. The standard InChI is InChI=1S/C18H26N2O/c1-11(2)8-12(3)15-10-17(19)13(4)18(20)16(15)9-14-6-5-7-21-14/h5-7,10-12H,8-9,19-20H2,1-4H3. The molecule has 1 unspecified atom stereocenters. The second kappa shape index (κ2) is 6.25. The smallest absolute Gasteiger partial charge is 0.108 e. The van der Waals surface area contributed by atoms with Gasteiger partial charge in [0.05, 0.1) is 6.26 Å². The molecule has 0 bridgehead atoms. The maximum Gasteiger partial charge on any atom is 0.108 e. The third kappa shape index (κ3) is 3.41. The van der Waals surface area contributed by atoms with Crippen molar-refractivity contribution in [3.05, 3.63) is 46.9 Å². The summed E-state index contributed by atoms with van der Waals surface area (Å²) < 4.78 is 5.49. The Balaban J connectivity index is 2.46. The average Bonchev–Trinajstić information content (AvgIpc) is 2.91. The fourth-order valence-corrected chi connectivity index (χ4v) is 2.96. The number of anilines is 2. The van der Waals surface area contributed by atoms with E-state index in [2.05, 4.69) is 26.8 Å². The molecule has 0 saturated heterocycles. The molecule has 114 valence electrons. The topological polar surface area (TPSA) is 65.2 Å². The van der Waals surface area contributed by atoms with E-state index in [9.17, 15) is 0 Å². The highest BCUT2D eigenvalue weighted by Gasteiger charge is 2.18. The molecule has 21 heavy (non-hydrogen) atoms. The first-order valence-corrected chi connectivity index (χ1v) is 7.59. The van der Waals surface area contributed by atoms with Gasteiger partial charge in [-0.25, -0.2) is 0 Å². The second-order valence-electron chi connectivity index (χ2n) is 6.36. The minimum absolute atomic E-state index is 0.431. The van der Waals surface area contributed by atoms with Crippen molar-refractivity contribution in [2.75, 3.05) is 11.5 Å². The third-order valence-electron chi connectivity index (χ3n) is 4.11. The Morgan fingerprint density at radius 1 is 1.19 bits per heavy atom. The van der Waals surface area contributed by atoms with Gasteiger partial charge in [0.1, 0.15) is 5.76 Å². The van der Waals surface area contributed by atoms with E-state index in [0.29, 0.717) is 11.8 Å². The molecular formula is C18H26N2O. The summed E-state index contributed by atoms with van der Waals surface area (Å²) in [5.74, 6) is 2.00. The lowest BCUT2D eigenvalue weighted by atomic mass is 9.85. The summed E-state index contributed by atoms with van der Waals surface area (Å²) in [6.07, 6.45) is 3.54. The minimum Gasteiger partial charge on any atom is -0.469 e. The molecule has 0 spiro atoms. The van der Waals surface area contributed by atoms with E-state index in [1.807, 2.05) is 19.1 Å². The molecular weight excluding hydrogens is 260 g/mol. The zero-order valence-corrected chi connectivity index (χ0v) is 13.4. The molecule has 0 aliphatic rings. The predicted octanol–water partition coefficient (Wildman–Crippen LogP) is 4.49. The maximum atomic E-state index is 6.35. The summed E-state index contributed by atoms with van der Waals surface area (Å²) in [6, 6.07) is 5.99. The number of furan rings is 1. The summed E-state index contributed by atoms with van der Waals surface area (Å²) in [6.45, 7) is 8.70. The lowest BCUT2D eigenvalue weighted by Gasteiger charge is -2.22. The minimum atomic E-state index is 0.431. The van der Waals surface area contributed by atoms with Crippen LogP contribution in [0, 0.1) is 12.8 Å². The van der Waals surface area contributed by atoms with Crippen LogP contribution in [0.5, 0.6) is 0 Å². The van der Waals surface area contributed by atoms with Gasteiger partial charge in [0.2, 0.25) is 0 Å². The van der Waals surface area contributed by atoms with Crippen molar-refractivity contribution in [1.82, 2.24) is 0 Å². The van der Waals surface area contributed by atoms with Gasteiger partial charge in [0.15, 0.2) is 0 Å². The number of hydrogen-bond donors (Lipinski definition) is 2. The first kappa shape index (κ1) is 15.5. The summed E-state index contributed by atoms with van der Waals surface area (Å²) in [4.78, 5) is 0. The zero-order valence-electron chi connectivity index (χ0n) is 13.4. The van der Waals surface area contributed by atoms with Crippen LogP contribution < -0.4 is 11.5 Å². The van der Waals surface area contributed by atoms with Gasteiger partial charge in [-0.3, -0.25) is 0 Å². The number of nitrogens with two attached hydrogens (primary N) is 2. The Hall–Kier alpha value is -1.90. The Labute approximate surface area is 127 Å². The van der Waals surface area contributed by atoms with Crippen molar-refractivity contribution < 1.29 is 4.42 Å². The molecule has 3 heteroatoms. The number of benzene rings is 1. The van der Waals surface area contributed by atoms with Gasteiger partial charge in [0, 0.05) is 17.8 Å². The van der Waals surface area contributed by atoms with Gasteiger partial charge in [-0.1, -0.05) is 20.8 Å². The highest BCUT2D eigenvalue weighted by atomic mass is 16.3. The second-order valence-corrected chi connectivity index (χ2v) is 6.36. The Kier molecular flexibility index (Phi) is 4.61. The van der Waals surface area contributed by atoms with Gasteiger partial charge >= 0.3 is 0 Å². The van der Waals surface area contributed by atoms with Gasteiger partial charge in [-0.15, -0.1) is 0 Å². The molecule has 0 radical (unpaired) electrons. The molecule has 2 rings (SSSR count). The largest absolute Gasteiger partial charge is 0.469 e. The van der Waals surface area contributed by atoms with Gasteiger partial charge in [0.25, 0.3) is 0 Å². The SMILES string of the molecule is Cc1c(N)cc(C(C)CC(C)C)c(Cc2ccco2)c1N. The van der Waals surface area contributed by atoms with Crippen LogP contribution in [0.4, 0.5) is 11.4 Å². The van der Waals surface area contributed by atoms with Crippen LogP contribution in [0.1, 0.15) is 55.6 Å². The highest BCUT2D eigenvalue weighted by molar-refractivity contribution is 5.68. The van der Waals surface area contributed by atoms with Crippen molar-refractivity contribution in [2.24, 2.45) is 5.92 Å². The lowest BCUT2D eigenvalue weighted by Crippen LogP contribution is -2.10. The molecule has 0 fully saturated rings. The number of rotatable bonds is 5. The van der Waals surface area contributed by atoms with Crippen LogP contribution in [-0.4, -0.2) is 0 Å². The van der Waals surface area contributed by atoms with E-state index in [0.717, 1.165) is 41.1 Å². The first-order valence-electron chi connectivity index (χ1n) is 7.59. The highest BCUT2D eigenvalue weighted by Crippen LogP contribution is 2.35. The van der Waals surface area contributed by atoms with E-state index < -0.39 is 0 Å². The van der Waals surface area contributed by atoms with E-state index in [1.54, 1.807) is 6.26 Å². The fourth-order valence-electron chi connectivity index (χ4n) is 2.96. The summed E-state index contributed by atoms with van der Waals surface area (Å²) in [5, 5.41) is 0. The lowest BCUT2D eigenvalue weighted by molar-refractivity contribution is 0.511. The number of hydrogen-bond acceptors (Lipinski definition) is 3. The Bertz CT molecular complexity index is 600. The van der Waals surface area contributed by atoms with Crippen molar-refractivity contribution in [3.63, 3.8) is 0 Å². The zero-order chi connectivity index (χ0) is 15.6. The van der Waals surface area contributed by atoms with E-state index >= 15 is 0 Å². The Morgan fingerprint density at radius 2 is 1.90 bits per heavy atom. The molecule has 1 heterocycles. The molecule has 1 aromatic carbocycles. The van der Waals surface area contributed by atoms with Gasteiger partial charge in [-0.05, 0) is 60.1 Å². The van der Waals surface area contributed by atoms with Gasteiger partial charge in [-0.2, -0.15) is 0 Å². The molecule has 2 aromatic rings. The van der Waals surface area contributed by atoms with Crippen LogP contribution in [-0.2, 0) is 6.42 Å². The summed E-state index contributed by atoms with van der Waals surface area (Å²) in [7, 11) is 0. The molecule has 3 nitrogen and oxygen atoms in total. The van der Waals surface area contributed by atoms with Crippen LogP contribution in [0.25, 0.3) is 0 Å². The summed E-state index contributed by atoms with van der Waals surface area (Å²) >= 11 is 0. The van der Waals surface area contributed by atoms with Crippen LogP contribution in [0.15, 0.2) is 28.9 Å². The quantitative estimate of drug-likeness (QED) is 0.796.